The lowest BCUT2D eigenvalue weighted by Crippen LogP contribution is -2.25. The van der Waals surface area contributed by atoms with Crippen LogP contribution in [0, 0.1) is 0 Å². The first-order chi connectivity index (χ1) is 6.60. The Morgan fingerprint density at radius 2 is 2.29 bits per heavy atom. The maximum Gasteiger partial charge on any atom is 0.162 e. The van der Waals surface area contributed by atoms with Gasteiger partial charge >= 0.3 is 0 Å². The number of hydrogen-bond acceptors (Lipinski definition) is 5. The van der Waals surface area contributed by atoms with Gasteiger partial charge in [0.25, 0.3) is 0 Å². The number of rotatable bonds is 4. The molecule has 0 unspecified atom stereocenters. The molecule has 1 rings (SSSR count). The van der Waals surface area contributed by atoms with E-state index in [9.17, 15) is 0 Å². The summed E-state index contributed by atoms with van der Waals surface area (Å²) in [5.74, 6) is 6.46. The Morgan fingerprint density at radius 1 is 1.57 bits per heavy atom. The molecule has 0 saturated heterocycles. The van der Waals surface area contributed by atoms with Crippen LogP contribution in [0.1, 0.15) is 26.6 Å². The largest absolute Gasteiger partial charge is 0.368 e. The van der Waals surface area contributed by atoms with Crippen LogP contribution in [0.2, 0.25) is 0 Å². The van der Waals surface area contributed by atoms with Crippen molar-refractivity contribution in [2.24, 2.45) is 5.84 Å². The monoisotopic (exact) mass is 196 g/mol. The van der Waals surface area contributed by atoms with Gasteiger partial charge < -0.3 is 10.2 Å². The van der Waals surface area contributed by atoms with E-state index in [0.29, 0.717) is 18.2 Å². The quantitative estimate of drug-likeness (QED) is 0.556. The molecule has 0 atom stereocenters. The Bertz CT molecular complexity index is 301. The molecule has 1 aromatic rings. The predicted octanol–water partition coefficient (Wildman–Crippen LogP) is 1.03. The zero-order chi connectivity index (χ0) is 10.6. The smallest absolute Gasteiger partial charge is 0.162 e. The van der Waals surface area contributed by atoms with E-state index in [1.54, 1.807) is 12.3 Å². The number of nitrogen functional groups attached to an aromatic ring is 1. The van der Waals surface area contributed by atoms with Crippen molar-refractivity contribution in [2.75, 3.05) is 12.0 Å². The van der Waals surface area contributed by atoms with Crippen LogP contribution in [0.15, 0.2) is 12.3 Å². The number of nitrogens with two attached hydrogens (primary N) is 1. The fourth-order valence-electron chi connectivity index (χ4n) is 1.15. The molecule has 0 saturated carbocycles. The van der Waals surface area contributed by atoms with E-state index < -0.39 is 5.60 Å². The number of nitrogens with one attached hydrogen (secondary N) is 1. The van der Waals surface area contributed by atoms with Crippen molar-refractivity contribution in [3.63, 3.8) is 0 Å². The third-order valence-electron chi connectivity index (χ3n) is 1.85. The molecule has 0 aromatic carbocycles. The van der Waals surface area contributed by atoms with Crippen LogP contribution in [-0.2, 0) is 10.3 Å². The Hall–Kier alpha value is -1.20. The summed E-state index contributed by atoms with van der Waals surface area (Å²) in [5.41, 5.74) is 1.99. The molecule has 1 aromatic heterocycles. The van der Waals surface area contributed by atoms with Crippen LogP contribution in [0.3, 0.4) is 0 Å². The average molecular weight is 196 g/mol. The van der Waals surface area contributed by atoms with Gasteiger partial charge in [-0.25, -0.2) is 15.8 Å². The molecule has 1 heterocycles. The molecule has 5 heteroatoms. The highest BCUT2D eigenvalue weighted by atomic mass is 16.5. The molecule has 0 bridgehead atoms. The molecular formula is C9H16N4O. The number of nitrogens with zero attached hydrogens (tertiary/aromatic N) is 2. The van der Waals surface area contributed by atoms with Crippen LogP contribution in [0.25, 0.3) is 0 Å². The van der Waals surface area contributed by atoms with E-state index in [-0.39, 0.29) is 0 Å². The van der Waals surface area contributed by atoms with Gasteiger partial charge in [-0.05, 0) is 20.8 Å². The van der Waals surface area contributed by atoms with E-state index in [2.05, 4.69) is 15.4 Å². The molecule has 3 N–H and O–H groups in total. The average Bonchev–Trinajstić information content (AvgIpc) is 2.18. The summed E-state index contributed by atoms with van der Waals surface area (Å²) < 4.78 is 5.52. The lowest BCUT2D eigenvalue weighted by Gasteiger charge is -2.22. The second kappa shape index (κ2) is 4.34. The van der Waals surface area contributed by atoms with Gasteiger partial charge in [-0.1, -0.05) is 0 Å². The Labute approximate surface area is 83.7 Å². The third-order valence-corrected chi connectivity index (χ3v) is 1.85. The van der Waals surface area contributed by atoms with Crippen LogP contribution >= 0.6 is 0 Å². The highest BCUT2D eigenvalue weighted by Gasteiger charge is 2.24. The van der Waals surface area contributed by atoms with E-state index in [0.717, 1.165) is 0 Å². The molecule has 0 amide bonds. The molecule has 0 radical (unpaired) electrons. The zero-order valence-electron chi connectivity index (χ0n) is 8.74. The molecule has 0 aliphatic heterocycles. The molecule has 0 aliphatic carbocycles. The first-order valence-electron chi connectivity index (χ1n) is 4.54. The van der Waals surface area contributed by atoms with Gasteiger partial charge in [0.15, 0.2) is 5.82 Å². The summed E-state index contributed by atoms with van der Waals surface area (Å²) >= 11 is 0. The van der Waals surface area contributed by atoms with Gasteiger partial charge in [-0.2, -0.15) is 0 Å². The number of aromatic nitrogens is 2. The molecule has 78 valence electrons. The van der Waals surface area contributed by atoms with Crippen molar-refractivity contribution in [2.45, 2.75) is 26.4 Å². The predicted molar refractivity (Wildman–Crippen MR) is 54.5 cm³/mol. The lowest BCUT2D eigenvalue weighted by molar-refractivity contribution is -0.0207. The van der Waals surface area contributed by atoms with Gasteiger partial charge in [-0.3, -0.25) is 0 Å². The van der Waals surface area contributed by atoms with Crippen molar-refractivity contribution >= 4 is 5.82 Å². The van der Waals surface area contributed by atoms with Gasteiger partial charge in [0.2, 0.25) is 0 Å². The number of hydrazine groups is 1. The number of ether oxygens (including phenoxy) is 1. The Balaban J connectivity index is 2.93. The maximum atomic E-state index is 5.52. The fourth-order valence-corrected chi connectivity index (χ4v) is 1.15. The highest BCUT2D eigenvalue weighted by Crippen LogP contribution is 2.21. The zero-order valence-corrected chi connectivity index (χ0v) is 8.74. The number of hydrogen-bond donors (Lipinski definition) is 2. The second-order valence-corrected chi connectivity index (χ2v) is 3.35. The molecule has 0 spiro atoms. The van der Waals surface area contributed by atoms with Crippen molar-refractivity contribution in [3.05, 3.63) is 18.1 Å². The first-order valence-corrected chi connectivity index (χ1v) is 4.54. The maximum absolute atomic E-state index is 5.52. The van der Waals surface area contributed by atoms with Gasteiger partial charge in [0.05, 0.1) is 0 Å². The summed E-state index contributed by atoms with van der Waals surface area (Å²) in [5, 5.41) is 0. The van der Waals surface area contributed by atoms with E-state index in [4.69, 9.17) is 10.6 Å². The minimum absolute atomic E-state index is 0.485. The van der Waals surface area contributed by atoms with E-state index in [1.165, 1.54) is 0 Å². The van der Waals surface area contributed by atoms with Crippen LogP contribution in [0.5, 0.6) is 0 Å². The van der Waals surface area contributed by atoms with Crippen molar-refractivity contribution in [1.29, 1.82) is 0 Å². The van der Waals surface area contributed by atoms with Crippen LogP contribution in [0.4, 0.5) is 5.82 Å². The minimum Gasteiger partial charge on any atom is -0.368 e. The Morgan fingerprint density at radius 3 is 2.86 bits per heavy atom. The Kier molecular flexibility index (Phi) is 3.38. The minimum atomic E-state index is -0.485. The number of anilines is 1. The van der Waals surface area contributed by atoms with Crippen molar-refractivity contribution in [1.82, 2.24) is 9.97 Å². The van der Waals surface area contributed by atoms with Crippen LogP contribution in [-0.4, -0.2) is 16.6 Å². The summed E-state index contributed by atoms with van der Waals surface area (Å²) in [6, 6.07) is 1.70. The SMILES string of the molecule is CCOC(C)(C)c1nccc(NN)n1. The van der Waals surface area contributed by atoms with Gasteiger partial charge in [-0.15, -0.1) is 0 Å². The molecule has 14 heavy (non-hydrogen) atoms. The summed E-state index contributed by atoms with van der Waals surface area (Å²) in [4.78, 5) is 8.36. The van der Waals surface area contributed by atoms with E-state index in [1.807, 2.05) is 20.8 Å². The highest BCUT2D eigenvalue weighted by molar-refractivity contribution is 5.31. The third kappa shape index (κ3) is 2.40. The normalized spacial score (nSPS) is 11.4. The first kappa shape index (κ1) is 10.9. The van der Waals surface area contributed by atoms with Gasteiger partial charge in [0.1, 0.15) is 11.4 Å². The fraction of sp³-hybridized carbons (Fsp3) is 0.556. The standard InChI is InChI=1S/C9H16N4O/c1-4-14-9(2,3)8-11-6-5-7(12-8)13-10/h5-6H,4,10H2,1-3H3,(H,11,12,13). The molecule has 0 fully saturated rings. The summed E-state index contributed by atoms with van der Waals surface area (Å²) in [6.07, 6.45) is 1.65. The molecular weight excluding hydrogens is 180 g/mol. The van der Waals surface area contributed by atoms with Crippen LogP contribution < -0.4 is 11.3 Å². The summed E-state index contributed by atoms with van der Waals surface area (Å²) in [7, 11) is 0. The molecule has 5 nitrogen and oxygen atoms in total. The van der Waals surface area contributed by atoms with Crippen molar-refractivity contribution < 1.29 is 4.74 Å². The lowest BCUT2D eigenvalue weighted by atomic mass is 10.1. The van der Waals surface area contributed by atoms with E-state index >= 15 is 0 Å². The molecule has 0 aliphatic rings. The summed E-state index contributed by atoms with van der Waals surface area (Å²) in [6.45, 7) is 6.40. The van der Waals surface area contributed by atoms with Crippen molar-refractivity contribution in [3.8, 4) is 0 Å². The van der Waals surface area contributed by atoms with Gasteiger partial charge in [0, 0.05) is 18.9 Å². The second-order valence-electron chi connectivity index (χ2n) is 3.35. The topological polar surface area (TPSA) is 73.1 Å².